The molecule has 0 bridgehead atoms. The van der Waals surface area contributed by atoms with E-state index in [4.69, 9.17) is 4.42 Å². The number of hydrogen-bond donors (Lipinski definition) is 1. The number of aromatic nitrogens is 2. The van der Waals surface area contributed by atoms with Crippen LogP contribution in [0.15, 0.2) is 31.8 Å². The molecule has 3 aromatic rings. The van der Waals surface area contributed by atoms with E-state index >= 15 is 0 Å². The van der Waals surface area contributed by atoms with Gasteiger partial charge in [0.05, 0.1) is 0 Å². The van der Waals surface area contributed by atoms with Crippen LogP contribution in [0.3, 0.4) is 0 Å². The van der Waals surface area contributed by atoms with Gasteiger partial charge in [0.15, 0.2) is 4.34 Å². The summed E-state index contributed by atoms with van der Waals surface area (Å²) in [7, 11) is 0. The molecular weight excluding hydrogens is 366 g/mol. The monoisotopic (exact) mass is 387 g/mol. The number of thioether (sulfide) groups is 1. The zero-order chi connectivity index (χ0) is 18.3. The molecule has 5 nitrogen and oxygen atoms in total. The van der Waals surface area contributed by atoms with Crippen LogP contribution in [0, 0.1) is 6.92 Å². The minimum Gasteiger partial charge on any atom is -0.423 e. The first-order valence-corrected chi connectivity index (χ1v) is 10.6. The average Bonchev–Trinajstić information content (AvgIpc) is 3.28. The van der Waals surface area contributed by atoms with E-state index in [1.807, 2.05) is 6.07 Å². The third kappa shape index (κ3) is 3.78. The van der Waals surface area contributed by atoms with E-state index in [0.29, 0.717) is 23.3 Å². The predicted octanol–water partition coefficient (Wildman–Crippen LogP) is 4.94. The third-order valence-electron chi connectivity index (χ3n) is 4.50. The third-order valence-corrected chi connectivity index (χ3v) is 6.54. The van der Waals surface area contributed by atoms with Gasteiger partial charge in [0.1, 0.15) is 5.58 Å². The largest absolute Gasteiger partial charge is 0.423 e. The first-order chi connectivity index (χ1) is 12.5. The van der Waals surface area contributed by atoms with Crippen LogP contribution in [-0.2, 0) is 5.75 Å². The Hall–Kier alpha value is -1.86. The van der Waals surface area contributed by atoms with Crippen LogP contribution in [-0.4, -0.2) is 16.2 Å². The molecule has 1 aliphatic rings. The Kier molecular flexibility index (Phi) is 4.75. The number of rotatable bonds is 6. The van der Waals surface area contributed by atoms with Crippen molar-refractivity contribution < 1.29 is 4.42 Å². The van der Waals surface area contributed by atoms with Gasteiger partial charge in [0.2, 0.25) is 5.13 Å². The summed E-state index contributed by atoms with van der Waals surface area (Å²) in [4.78, 5) is 12.0. The molecule has 0 spiro atoms. The smallest absolute Gasteiger partial charge is 0.336 e. The maximum atomic E-state index is 12.0. The van der Waals surface area contributed by atoms with E-state index in [1.165, 1.54) is 18.4 Å². The quantitative estimate of drug-likeness (QED) is 0.477. The molecule has 0 amide bonds. The zero-order valence-corrected chi connectivity index (χ0v) is 16.7. The van der Waals surface area contributed by atoms with E-state index in [-0.39, 0.29) is 5.63 Å². The molecule has 1 N–H and O–H groups in total. The highest BCUT2D eigenvalue weighted by molar-refractivity contribution is 8.00. The van der Waals surface area contributed by atoms with Gasteiger partial charge >= 0.3 is 5.63 Å². The molecule has 0 radical (unpaired) electrons. The maximum Gasteiger partial charge on any atom is 0.336 e. The van der Waals surface area contributed by atoms with Gasteiger partial charge in [-0.2, -0.15) is 0 Å². The van der Waals surface area contributed by atoms with Gasteiger partial charge in [0.25, 0.3) is 0 Å². The maximum absolute atomic E-state index is 12.0. The number of nitrogens with zero attached hydrogens (tertiary/aromatic N) is 2. The number of aryl methyl sites for hydroxylation is 1. The number of anilines is 1. The van der Waals surface area contributed by atoms with Crippen LogP contribution in [0.4, 0.5) is 5.13 Å². The fraction of sp³-hybridized carbons (Fsp3) is 0.421. The summed E-state index contributed by atoms with van der Waals surface area (Å²) in [5, 5.41) is 13.7. The van der Waals surface area contributed by atoms with Crippen LogP contribution < -0.4 is 10.9 Å². The van der Waals surface area contributed by atoms with Gasteiger partial charge in [-0.3, -0.25) is 0 Å². The minimum absolute atomic E-state index is 0.307. The lowest BCUT2D eigenvalue weighted by molar-refractivity contribution is 0.559. The van der Waals surface area contributed by atoms with E-state index < -0.39 is 0 Å². The van der Waals surface area contributed by atoms with Crippen molar-refractivity contribution in [2.24, 2.45) is 0 Å². The van der Waals surface area contributed by atoms with E-state index in [1.54, 1.807) is 29.2 Å². The Morgan fingerprint density at radius 1 is 1.31 bits per heavy atom. The summed E-state index contributed by atoms with van der Waals surface area (Å²) in [5.74, 6) is 1.09. The molecule has 26 heavy (non-hydrogen) atoms. The second-order valence-corrected chi connectivity index (χ2v) is 9.23. The van der Waals surface area contributed by atoms with Crippen LogP contribution in [0.2, 0.25) is 0 Å². The van der Waals surface area contributed by atoms with Crippen LogP contribution in [0.5, 0.6) is 0 Å². The first kappa shape index (κ1) is 17.5. The summed E-state index contributed by atoms with van der Waals surface area (Å²) >= 11 is 3.18. The van der Waals surface area contributed by atoms with Crippen LogP contribution in [0.1, 0.15) is 49.3 Å². The highest BCUT2D eigenvalue weighted by atomic mass is 32.2. The standard InChI is InChI=1S/C19H21N3O2S2/c1-10(2)14-8-15-12(7-17(23)24-16(15)6-11(14)3)9-25-19-22-21-18(26-19)20-13-4-5-13/h6-8,10,13H,4-5,9H2,1-3H3,(H,20,21). The zero-order valence-electron chi connectivity index (χ0n) is 15.0. The number of nitrogens with one attached hydrogen (secondary N) is 1. The fourth-order valence-electron chi connectivity index (χ4n) is 3.00. The molecule has 1 saturated carbocycles. The molecule has 2 aromatic heterocycles. The van der Waals surface area contributed by atoms with Crippen molar-refractivity contribution >= 4 is 39.2 Å². The fourth-order valence-corrected chi connectivity index (χ4v) is 4.82. The lowest BCUT2D eigenvalue weighted by atomic mass is 9.95. The summed E-state index contributed by atoms with van der Waals surface area (Å²) < 4.78 is 6.33. The van der Waals surface area contributed by atoms with Gasteiger partial charge in [0, 0.05) is 23.2 Å². The van der Waals surface area contributed by atoms with Crippen LogP contribution >= 0.6 is 23.1 Å². The molecule has 1 aromatic carbocycles. The second kappa shape index (κ2) is 7.04. The topological polar surface area (TPSA) is 68.0 Å². The minimum atomic E-state index is -0.307. The van der Waals surface area contributed by atoms with Gasteiger partial charge in [-0.05, 0) is 54.5 Å². The van der Waals surface area contributed by atoms with E-state index in [0.717, 1.165) is 26.0 Å². The number of benzene rings is 1. The predicted molar refractivity (Wildman–Crippen MR) is 107 cm³/mol. The molecule has 136 valence electrons. The van der Waals surface area contributed by atoms with Crippen molar-refractivity contribution in [2.75, 3.05) is 5.32 Å². The summed E-state index contributed by atoms with van der Waals surface area (Å²) in [6.45, 7) is 6.42. The van der Waals surface area contributed by atoms with Crippen molar-refractivity contribution in [3.05, 3.63) is 45.3 Å². The van der Waals surface area contributed by atoms with Crippen molar-refractivity contribution in [3.63, 3.8) is 0 Å². The van der Waals surface area contributed by atoms with Crippen molar-refractivity contribution in [1.82, 2.24) is 10.2 Å². The Bertz CT molecular complexity index is 1010. The van der Waals surface area contributed by atoms with Crippen molar-refractivity contribution in [3.8, 4) is 0 Å². The van der Waals surface area contributed by atoms with Gasteiger partial charge in [-0.25, -0.2) is 4.79 Å². The molecule has 1 aliphatic carbocycles. The van der Waals surface area contributed by atoms with E-state index in [2.05, 4.69) is 42.4 Å². The Morgan fingerprint density at radius 2 is 2.12 bits per heavy atom. The second-order valence-electron chi connectivity index (χ2n) is 7.03. The van der Waals surface area contributed by atoms with Gasteiger partial charge in [-0.15, -0.1) is 10.2 Å². The highest BCUT2D eigenvalue weighted by Gasteiger charge is 2.22. The van der Waals surface area contributed by atoms with Crippen molar-refractivity contribution in [1.29, 1.82) is 0 Å². The molecule has 4 rings (SSSR count). The van der Waals surface area contributed by atoms with Crippen molar-refractivity contribution in [2.45, 2.75) is 55.7 Å². The molecular formula is C19H21N3O2S2. The van der Waals surface area contributed by atoms with Gasteiger partial charge < -0.3 is 9.73 Å². The Labute approximate surface area is 160 Å². The van der Waals surface area contributed by atoms with Crippen LogP contribution in [0.25, 0.3) is 11.0 Å². The molecule has 0 saturated heterocycles. The molecule has 0 aliphatic heterocycles. The lowest BCUT2D eigenvalue weighted by Gasteiger charge is -2.12. The summed E-state index contributed by atoms with van der Waals surface area (Å²) in [5.41, 5.74) is 3.77. The molecule has 0 unspecified atom stereocenters. The Balaban J connectivity index is 1.61. The number of fused-ring (bicyclic) bond motifs is 1. The SMILES string of the molecule is Cc1cc2oc(=O)cc(CSc3nnc(NC4CC4)s3)c2cc1C(C)C. The molecule has 7 heteroatoms. The summed E-state index contributed by atoms with van der Waals surface area (Å²) in [6.07, 6.45) is 2.43. The summed E-state index contributed by atoms with van der Waals surface area (Å²) in [6, 6.07) is 6.30. The normalized spacial score (nSPS) is 14.3. The van der Waals surface area contributed by atoms with E-state index in [9.17, 15) is 4.79 Å². The highest BCUT2D eigenvalue weighted by Crippen LogP contribution is 2.33. The lowest BCUT2D eigenvalue weighted by Crippen LogP contribution is -2.02. The molecule has 2 heterocycles. The Morgan fingerprint density at radius 3 is 2.85 bits per heavy atom. The molecule has 0 atom stereocenters. The molecule has 1 fully saturated rings. The van der Waals surface area contributed by atoms with Gasteiger partial charge in [-0.1, -0.05) is 36.9 Å². The number of hydrogen-bond acceptors (Lipinski definition) is 7. The average molecular weight is 388 g/mol. The first-order valence-electron chi connectivity index (χ1n) is 8.79.